The fraction of sp³-hybridized carbons (Fsp3) is 0.333. The van der Waals surface area contributed by atoms with Gasteiger partial charge in [0.15, 0.2) is 6.61 Å². The number of rotatable bonds is 16. The zero-order valence-corrected chi connectivity index (χ0v) is 37.8. The number of pyridine rings is 1. The molecule has 6 aromatic rings. The minimum absolute atomic E-state index is 0.0718. The maximum atomic E-state index is 14.0. The Balaban J connectivity index is 0.763. The summed E-state index contributed by atoms with van der Waals surface area (Å²) in [5.41, 5.74) is 1.74. The van der Waals surface area contributed by atoms with Gasteiger partial charge in [0.05, 0.1) is 24.3 Å². The molecule has 0 aliphatic carbocycles. The predicted molar refractivity (Wildman–Crippen MR) is 256 cm³/mol. The van der Waals surface area contributed by atoms with Gasteiger partial charge in [-0.3, -0.25) is 19.3 Å². The van der Waals surface area contributed by atoms with Crippen LogP contribution in [0.5, 0.6) is 11.5 Å². The molecule has 5 aromatic carbocycles. The number of amides is 2. The van der Waals surface area contributed by atoms with Crippen molar-refractivity contribution in [3.63, 3.8) is 0 Å². The number of ether oxygens (including phenoxy) is 2. The van der Waals surface area contributed by atoms with Crippen molar-refractivity contribution in [3.8, 4) is 11.5 Å². The average molecular weight is 920 g/mol. The standard InChI is InChI=1S/C54H57N5O9/c60-47-20-18-44(45-19-21-49(62)56-51(45)47)48(61)30-55-29-36-14-16-39(17-15-36)52(64)58-32-40-24-27-59(46(40)33-58)50(63)35-67-43-13-7-12-42(28-43)54(66,41-10-5-2-6-11-41)53(65)68-34-38-22-25-57(26-23-38)31-37-8-3-1-4-9-37/h1-21,28,38,40,46,48,55,60-61,66H,22-27,29-35H2,(H,56,62)/t40-,46+,48-,54?/m0/s1. The number of benzene rings is 5. The number of piperidine rings is 1. The molecule has 3 saturated heterocycles. The summed E-state index contributed by atoms with van der Waals surface area (Å²) in [6.07, 6.45) is 1.63. The average Bonchev–Trinajstić information content (AvgIpc) is 3.98. The summed E-state index contributed by atoms with van der Waals surface area (Å²) in [5, 5.41) is 37.2. The van der Waals surface area contributed by atoms with Crippen LogP contribution in [0.25, 0.3) is 10.9 Å². The number of H-pyrrole nitrogens is 1. The van der Waals surface area contributed by atoms with Crippen LogP contribution < -0.4 is 15.6 Å². The fourth-order valence-corrected chi connectivity index (χ4v) is 9.97. The first-order valence-electron chi connectivity index (χ1n) is 23.4. The second-order valence-corrected chi connectivity index (χ2v) is 18.2. The third kappa shape index (κ3) is 10.2. The smallest absolute Gasteiger partial charge is 0.347 e. The second-order valence-electron chi connectivity index (χ2n) is 18.2. The predicted octanol–water partition coefficient (Wildman–Crippen LogP) is 5.50. The molecule has 68 heavy (non-hydrogen) atoms. The van der Waals surface area contributed by atoms with Crippen LogP contribution in [0, 0.1) is 11.8 Å². The summed E-state index contributed by atoms with van der Waals surface area (Å²) >= 11 is 0. The zero-order valence-electron chi connectivity index (χ0n) is 37.8. The monoisotopic (exact) mass is 919 g/mol. The Kier molecular flexibility index (Phi) is 14.0. The van der Waals surface area contributed by atoms with Gasteiger partial charge in [0, 0.05) is 67.8 Å². The van der Waals surface area contributed by atoms with Gasteiger partial charge in [-0.2, -0.15) is 0 Å². The van der Waals surface area contributed by atoms with Crippen LogP contribution in [0.4, 0.5) is 0 Å². The van der Waals surface area contributed by atoms with Crippen LogP contribution in [-0.2, 0) is 33.0 Å². The van der Waals surface area contributed by atoms with Gasteiger partial charge in [-0.05, 0) is 96.9 Å². The van der Waals surface area contributed by atoms with Crippen molar-refractivity contribution < 1.29 is 39.2 Å². The molecule has 3 fully saturated rings. The first kappa shape index (κ1) is 46.3. The molecule has 3 aliphatic rings. The molecule has 4 atom stereocenters. The van der Waals surface area contributed by atoms with Gasteiger partial charge in [0.1, 0.15) is 11.5 Å². The minimum atomic E-state index is -2.11. The van der Waals surface area contributed by atoms with Gasteiger partial charge in [0.25, 0.3) is 11.8 Å². The molecule has 2 amide bonds. The Morgan fingerprint density at radius 2 is 1.53 bits per heavy atom. The number of fused-ring (bicyclic) bond motifs is 2. The molecule has 4 heterocycles. The number of carbonyl (C=O) groups excluding carboxylic acids is 3. The van der Waals surface area contributed by atoms with Crippen molar-refractivity contribution in [3.05, 3.63) is 177 Å². The number of likely N-dealkylation sites (tertiary alicyclic amines) is 3. The number of nitrogens with zero attached hydrogens (tertiary/aromatic N) is 3. The van der Waals surface area contributed by atoms with E-state index in [4.69, 9.17) is 9.47 Å². The van der Waals surface area contributed by atoms with Crippen LogP contribution >= 0.6 is 0 Å². The number of aromatic nitrogens is 1. The molecule has 352 valence electrons. The van der Waals surface area contributed by atoms with Gasteiger partial charge < -0.3 is 44.9 Å². The number of hydrogen-bond acceptors (Lipinski definition) is 11. The van der Waals surface area contributed by atoms with E-state index >= 15 is 0 Å². The van der Waals surface area contributed by atoms with Gasteiger partial charge in [-0.1, -0.05) is 91.0 Å². The van der Waals surface area contributed by atoms with Crippen molar-refractivity contribution in [2.24, 2.45) is 11.8 Å². The molecule has 0 radical (unpaired) electrons. The number of aromatic amines is 1. The number of phenols is 1. The maximum absolute atomic E-state index is 14.0. The lowest BCUT2D eigenvalue weighted by Gasteiger charge is -2.33. The maximum Gasteiger partial charge on any atom is 0.347 e. The van der Waals surface area contributed by atoms with Crippen LogP contribution in [0.15, 0.2) is 138 Å². The first-order valence-corrected chi connectivity index (χ1v) is 23.4. The Hall–Kier alpha value is -6.84. The lowest BCUT2D eigenvalue weighted by Crippen LogP contribution is -2.42. The quantitative estimate of drug-likeness (QED) is 0.0773. The normalized spacial score (nSPS) is 18.8. The number of phenolic OH excluding ortho intramolecular Hbond substituents is 1. The third-order valence-corrected chi connectivity index (χ3v) is 13.8. The van der Waals surface area contributed by atoms with Gasteiger partial charge in [0.2, 0.25) is 11.2 Å². The van der Waals surface area contributed by atoms with Crippen molar-refractivity contribution in [2.45, 2.75) is 50.1 Å². The minimum Gasteiger partial charge on any atom is -0.506 e. The molecular formula is C54H57N5O9. The van der Waals surface area contributed by atoms with E-state index in [0.717, 1.165) is 44.5 Å². The largest absolute Gasteiger partial charge is 0.506 e. The molecular weight excluding hydrogens is 863 g/mol. The van der Waals surface area contributed by atoms with E-state index in [9.17, 15) is 34.5 Å². The van der Waals surface area contributed by atoms with Crippen molar-refractivity contribution in [2.75, 3.05) is 52.5 Å². The Bertz CT molecular complexity index is 2780. The Labute approximate surface area is 394 Å². The van der Waals surface area contributed by atoms with Crippen LogP contribution in [0.1, 0.15) is 63.5 Å². The highest BCUT2D eigenvalue weighted by atomic mass is 16.6. The van der Waals surface area contributed by atoms with Gasteiger partial charge in [-0.15, -0.1) is 0 Å². The van der Waals surface area contributed by atoms with Crippen molar-refractivity contribution >= 4 is 28.7 Å². The molecule has 0 spiro atoms. The number of esters is 1. The van der Waals surface area contributed by atoms with E-state index in [1.165, 1.54) is 17.7 Å². The molecule has 9 rings (SSSR count). The van der Waals surface area contributed by atoms with E-state index in [1.807, 2.05) is 36.4 Å². The molecule has 3 aliphatic heterocycles. The third-order valence-electron chi connectivity index (χ3n) is 13.8. The topological polar surface area (TPSA) is 185 Å². The SMILES string of the molecule is O=C(c1ccc(CNC[C@H](O)c2ccc(O)c3[nH]c(=O)ccc23)cc1)N1C[C@@H]2CCN(C(=O)COc3cccc(C(O)(C(=O)OCC4CCN(Cc5ccccc5)CC4)c4ccccc4)c3)[C@@H]2C1. The highest BCUT2D eigenvalue weighted by Crippen LogP contribution is 2.36. The fourth-order valence-electron chi connectivity index (χ4n) is 9.97. The summed E-state index contributed by atoms with van der Waals surface area (Å²) < 4.78 is 12.0. The molecule has 14 nitrogen and oxygen atoms in total. The lowest BCUT2D eigenvalue weighted by atomic mass is 9.86. The number of aliphatic hydroxyl groups is 2. The van der Waals surface area contributed by atoms with Crippen LogP contribution in [-0.4, -0.2) is 111 Å². The first-order chi connectivity index (χ1) is 33.0. The molecule has 1 unspecified atom stereocenters. The van der Waals surface area contributed by atoms with Gasteiger partial charge in [-0.25, -0.2) is 4.79 Å². The number of aromatic hydroxyl groups is 1. The molecule has 1 aromatic heterocycles. The summed E-state index contributed by atoms with van der Waals surface area (Å²) in [7, 11) is 0. The Morgan fingerprint density at radius 3 is 2.29 bits per heavy atom. The van der Waals surface area contributed by atoms with E-state index < -0.39 is 17.7 Å². The number of aliphatic hydroxyl groups excluding tert-OH is 1. The molecule has 5 N–H and O–H groups in total. The number of nitrogens with one attached hydrogen (secondary N) is 2. The van der Waals surface area contributed by atoms with Gasteiger partial charge >= 0.3 is 5.97 Å². The molecule has 0 bridgehead atoms. The zero-order chi connectivity index (χ0) is 47.2. The second kappa shape index (κ2) is 20.6. The highest BCUT2D eigenvalue weighted by molar-refractivity contribution is 5.94. The van der Waals surface area contributed by atoms with Crippen LogP contribution in [0.3, 0.4) is 0 Å². The summed E-state index contributed by atoms with van der Waals surface area (Å²) in [5.74, 6) is -0.523. The summed E-state index contributed by atoms with van der Waals surface area (Å²) in [6.45, 7) is 4.78. The highest BCUT2D eigenvalue weighted by Gasteiger charge is 2.45. The lowest BCUT2D eigenvalue weighted by molar-refractivity contribution is -0.164. The number of hydrogen-bond donors (Lipinski definition) is 5. The molecule has 14 heteroatoms. The Morgan fingerprint density at radius 1 is 0.794 bits per heavy atom. The number of carbonyl (C=O) groups is 3. The summed E-state index contributed by atoms with van der Waals surface area (Å²) in [4.78, 5) is 61.8. The van der Waals surface area contributed by atoms with E-state index in [0.29, 0.717) is 54.0 Å². The van der Waals surface area contributed by atoms with Crippen LogP contribution in [0.2, 0.25) is 0 Å². The summed E-state index contributed by atoms with van der Waals surface area (Å²) in [6, 6.07) is 38.9. The van der Waals surface area contributed by atoms with E-state index in [-0.39, 0.29) is 71.8 Å². The van der Waals surface area contributed by atoms with E-state index in [1.54, 1.807) is 82.6 Å². The molecule has 0 saturated carbocycles. The van der Waals surface area contributed by atoms with E-state index in [2.05, 4.69) is 27.3 Å². The van der Waals surface area contributed by atoms with Crippen molar-refractivity contribution in [1.29, 1.82) is 0 Å². The van der Waals surface area contributed by atoms with Crippen molar-refractivity contribution in [1.82, 2.24) is 25.0 Å².